The summed E-state index contributed by atoms with van der Waals surface area (Å²) in [5.41, 5.74) is 0. The van der Waals surface area contributed by atoms with Crippen molar-refractivity contribution >= 4 is 5.91 Å². The molecule has 3 heteroatoms. The van der Waals surface area contributed by atoms with Gasteiger partial charge in [0, 0.05) is 12.5 Å². The van der Waals surface area contributed by atoms with Crippen LogP contribution in [-0.4, -0.2) is 23.7 Å². The van der Waals surface area contributed by atoms with E-state index >= 15 is 0 Å². The third-order valence-corrected chi connectivity index (χ3v) is 1.99. The minimum atomic E-state index is -0.465. The van der Waals surface area contributed by atoms with Crippen LogP contribution in [0.1, 0.15) is 27.7 Å². The summed E-state index contributed by atoms with van der Waals surface area (Å²) in [6.07, 6.45) is -0.465. The van der Waals surface area contributed by atoms with Gasteiger partial charge in [-0.05, 0) is 12.8 Å². The van der Waals surface area contributed by atoms with Crippen molar-refractivity contribution in [1.82, 2.24) is 5.32 Å². The summed E-state index contributed by atoms with van der Waals surface area (Å²) in [5, 5.41) is 11.6. The van der Waals surface area contributed by atoms with Gasteiger partial charge in [-0.25, -0.2) is 0 Å². The van der Waals surface area contributed by atoms with Gasteiger partial charge in [0.15, 0.2) is 0 Å². The third kappa shape index (κ3) is 4.34. The monoisotopic (exact) mass is 173 g/mol. The highest BCUT2D eigenvalue weighted by Crippen LogP contribution is 2.08. The Morgan fingerprint density at radius 1 is 1.33 bits per heavy atom. The van der Waals surface area contributed by atoms with E-state index in [9.17, 15) is 4.79 Å². The van der Waals surface area contributed by atoms with Gasteiger partial charge in [0.05, 0.1) is 6.10 Å². The number of rotatable bonds is 4. The van der Waals surface area contributed by atoms with Crippen LogP contribution in [0.25, 0.3) is 0 Å². The fourth-order valence-electron chi connectivity index (χ4n) is 0.712. The van der Waals surface area contributed by atoms with Crippen molar-refractivity contribution < 1.29 is 9.90 Å². The van der Waals surface area contributed by atoms with Crippen molar-refractivity contribution in [1.29, 1.82) is 0 Å². The van der Waals surface area contributed by atoms with Gasteiger partial charge in [0.25, 0.3) is 0 Å². The first-order valence-electron chi connectivity index (χ1n) is 4.41. The second-order valence-electron chi connectivity index (χ2n) is 3.63. The summed E-state index contributed by atoms with van der Waals surface area (Å²) >= 11 is 0. The van der Waals surface area contributed by atoms with Crippen LogP contribution in [-0.2, 0) is 4.79 Å². The van der Waals surface area contributed by atoms with E-state index in [1.54, 1.807) is 6.92 Å². The molecule has 0 aromatic rings. The maximum absolute atomic E-state index is 11.3. The van der Waals surface area contributed by atoms with E-state index in [1.165, 1.54) is 0 Å². The zero-order valence-corrected chi connectivity index (χ0v) is 8.29. The zero-order chi connectivity index (χ0) is 9.72. The molecule has 0 fully saturated rings. The normalized spacial score (nSPS) is 15.8. The highest BCUT2D eigenvalue weighted by molar-refractivity contribution is 5.78. The van der Waals surface area contributed by atoms with Crippen LogP contribution >= 0.6 is 0 Å². The molecule has 0 spiro atoms. The van der Waals surface area contributed by atoms with E-state index < -0.39 is 6.10 Å². The molecule has 0 aromatic carbocycles. The van der Waals surface area contributed by atoms with Gasteiger partial charge in [-0.2, -0.15) is 0 Å². The van der Waals surface area contributed by atoms with Crippen molar-refractivity contribution in [2.24, 2.45) is 11.8 Å². The molecule has 0 rings (SSSR count). The second kappa shape index (κ2) is 5.14. The highest BCUT2D eigenvalue weighted by Gasteiger charge is 2.15. The zero-order valence-electron chi connectivity index (χ0n) is 8.29. The van der Waals surface area contributed by atoms with E-state index in [0.717, 1.165) is 0 Å². The predicted molar refractivity (Wildman–Crippen MR) is 48.7 cm³/mol. The standard InChI is InChI=1S/C9H19NO2/c1-6(2)8(4)9(12)10-5-7(3)11/h6-8,11H,5H2,1-4H3,(H,10,12). The lowest BCUT2D eigenvalue weighted by Gasteiger charge is -2.15. The molecule has 1 amide bonds. The fourth-order valence-corrected chi connectivity index (χ4v) is 0.712. The Bertz CT molecular complexity index is 143. The molecular formula is C9H19NO2. The molecule has 2 unspecified atom stereocenters. The molecule has 0 heterocycles. The van der Waals surface area contributed by atoms with Gasteiger partial charge >= 0.3 is 0 Å². The quantitative estimate of drug-likeness (QED) is 0.660. The topological polar surface area (TPSA) is 49.3 Å². The van der Waals surface area contributed by atoms with Crippen LogP contribution in [0.15, 0.2) is 0 Å². The van der Waals surface area contributed by atoms with E-state index in [2.05, 4.69) is 5.32 Å². The second-order valence-corrected chi connectivity index (χ2v) is 3.63. The van der Waals surface area contributed by atoms with Gasteiger partial charge in [-0.15, -0.1) is 0 Å². The van der Waals surface area contributed by atoms with Crippen LogP contribution in [0.2, 0.25) is 0 Å². The summed E-state index contributed by atoms with van der Waals surface area (Å²) in [5.74, 6) is 0.383. The van der Waals surface area contributed by atoms with E-state index in [4.69, 9.17) is 5.11 Å². The van der Waals surface area contributed by atoms with Gasteiger partial charge in [-0.1, -0.05) is 20.8 Å². The molecule has 0 saturated heterocycles. The molecule has 0 saturated carbocycles. The molecule has 2 N–H and O–H groups in total. The highest BCUT2D eigenvalue weighted by atomic mass is 16.3. The Labute approximate surface area is 74.2 Å². The summed E-state index contributed by atoms with van der Waals surface area (Å²) in [6.45, 7) is 7.90. The maximum atomic E-state index is 11.3. The fraction of sp³-hybridized carbons (Fsp3) is 0.889. The van der Waals surface area contributed by atoms with Crippen LogP contribution in [0.4, 0.5) is 0 Å². The minimum Gasteiger partial charge on any atom is -0.392 e. The Balaban J connectivity index is 3.72. The van der Waals surface area contributed by atoms with Crippen LogP contribution in [0.3, 0.4) is 0 Å². The predicted octanol–water partition coefficient (Wildman–Crippen LogP) is 0.775. The molecule has 0 aliphatic heterocycles. The Hall–Kier alpha value is -0.570. The van der Waals surface area contributed by atoms with Gasteiger partial charge in [0.2, 0.25) is 5.91 Å². The van der Waals surface area contributed by atoms with Crippen molar-refractivity contribution in [3.05, 3.63) is 0 Å². The lowest BCUT2D eigenvalue weighted by molar-refractivity contribution is -0.126. The molecule has 0 aromatic heterocycles. The first-order chi connectivity index (χ1) is 5.45. The molecule has 72 valence electrons. The van der Waals surface area contributed by atoms with Crippen molar-refractivity contribution in [3.63, 3.8) is 0 Å². The molecule has 3 nitrogen and oxygen atoms in total. The minimum absolute atomic E-state index is 0.0174. The van der Waals surface area contributed by atoms with Crippen LogP contribution in [0, 0.1) is 11.8 Å². The average Bonchev–Trinajstić information content (AvgIpc) is 1.98. The number of carbonyl (C=O) groups is 1. The molecular weight excluding hydrogens is 154 g/mol. The Morgan fingerprint density at radius 2 is 1.83 bits per heavy atom. The molecule has 0 aliphatic carbocycles. The van der Waals surface area contributed by atoms with E-state index in [1.807, 2.05) is 20.8 Å². The summed E-state index contributed by atoms with van der Waals surface area (Å²) in [7, 11) is 0. The Kier molecular flexibility index (Phi) is 4.90. The SMILES string of the molecule is CC(O)CNC(=O)C(C)C(C)C. The molecule has 0 bridgehead atoms. The van der Waals surface area contributed by atoms with Crippen LogP contribution < -0.4 is 5.32 Å². The average molecular weight is 173 g/mol. The lowest BCUT2D eigenvalue weighted by atomic mass is 9.97. The summed E-state index contributed by atoms with van der Waals surface area (Å²) < 4.78 is 0. The number of hydrogen-bond donors (Lipinski definition) is 2. The van der Waals surface area contributed by atoms with Crippen molar-refractivity contribution in [3.8, 4) is 0 Å². The Morgan fingerprint density at radius 3 is 2.17 bits per heavy atom. The molecule has 12 heavy (non-hydrogen) atoms. The van der Waals surface area contributed by atoms with Crippen LogP contribution in [0.5, 0.6) is 0 Å². The molecule has 0 aliphatic rings. The van der Waals surface area contributed by atoms with Gasteiger partial charge in [-0.3, -0.25) is 4.79 Å². The number of carbonyl (C=O) groups excluding carboxylic acids is 1. The summed E-state index contributed by atoms with van der Waals surface area (Å²) in [4.78, 5) is 11.3. The molecule has 0 radical (unpaired) electrons. The first kappa shape index (κ1) is 11.4. The molecule has 2 atom stereocenters. The third-order valence-electron chi connectivity index (χ3n) is 1.99. The van der Waals surface area contributed by atoms with Gasteiger partial charge in [0.1, 0.15) is 0 Å². The van der Waals surface area contributed by atoms with E-state index in [0.29, 0.717) is 12.5 Å². The van der Waals surface area contributed by atoms with Crippen molar-refractivity contribution in [2.45, 2.75) is 33.8 Å². The number of amides is 1. The van der Waals surface area contributed by atoms with E-state index in [-0.39, 0.29) is 11.8 Å². The largest absolute Gasteiger partial charge is 0.392 e. The number of aliphatic hydroxyl groups is 1. The van der Waals surface area contributed by atoms with Crippen molar-refractivity contribution in [2.75, 3.05) is 6.54 Å². The summed E-state index contributed by atoms with van der Waals surface area (Å²) in [6, 6.07) is 0. The number of nitrogens with one attached hydrogen (secondary N) is 1. The smallest absolute Gasteiger partial charge is 0.223 e. The maximum Gasteiger partial charge on any atom is 0.223 e. The number of hydrogen-bond acceptors (Lipinski definition) is 2. The number of aliphatic hydroxyl groups excluding tert-OH is 1. The first-order valence-corrected chi connectivity index (χ1v) is 4.41. The van der Waals surface area contributed by atoms with Gasteiger partial charge < -0.3 is 10.4 Å². The lowest BCUT2D eigenvalue weighted by Crippen LogP contribution is -2.36.